The van der Waals surface area contributed by atoms with E-state index >= 15 is 0 Å². The zero-order valence-electron chi connectivity index (χ0n) is 22.6. The first-order valence-corrected chi connectivity index (χ1v) is 12.4. The maximum atomic E-state index is 13.7. The quantitative estimate of drug-likeness (QED) is 0.385. The summed E-state index contributed by atoms with van der Waals surface area (Å²) in [6, 6.07) is 11.2. The van der Waals surface area contributed by atoms with E-state index in [1.54, 1.807) is 76.4 Å². The third-order valence-electron chi connectivity index (χ3n) is 5.52. The number of hydrogen-bond donors (Lipinski definition) is 3. The molecule has 2 rings (SSSR count). The molecule has 0 bridgehead atoms. The monoisotopic (exact) mass is 523 g/mol. The van der Waals surface area contributed by atoms with Gasteiger partial charge in [0.15, 0.2) is 0 Å². The van der Waals surface area contributed by atoms with Crippen LogP contribution in [0.3, 0.4) is 0 Å². The lowest BCUT2D eigenvalue weighted by Crippen LogP contribution is -2.54. The minimum Gasteiger partial charge on any atom is -0.497 e. The standard InChI is InChI=1S/C29H37N3O6/c1-7-9-18-32(27(35)24(19-33)31-28(36)38-29(3,4)5)25(21-12-10-20(8-2)11-13-21)26(34)30-22-14-16-23(37-6)17-15-22/h2,10-17,24-25,33H,7,9,18-19H2,1,3-6H3,(H,30,34)(H,31,36). The number of alkyl carbamates (subject to hydrolysis) is 1. The fourth-order valence-corrected chi connectivity index (χ4v) is 3.65. The van der Waals surface area contributed by atoms with E-state index in [-0.39, 0.29) is 6.54 Å². The number of hydrogen-bond acceptors (Lipinski definition) is 6. The van der Waals surface area contributed by atoms with Crippen LogP contribution in [0.15, 0.2) is 48.5 Å². The zero-order chi connectivity index (χ0) is 28.3. The topological polar surface area (TPSA) is 117 Å². The Morgan fingerprint density at radius 1 is 1.08 bits per heavy atom. The summed E-state index contributed by atoms with van der Waals surface area (Å²) in [4.78, 5) is 41.2. The molecule has 3 amide bonds. The van der Waals surface area contributed by atoms with Crippen LogP contribution in [0.4, 0.5) is 10.5 Å². The van der Waals surface area contributed by atoms with Gasteiger partial charge in [-0.15, -0.1) is 6.42 Å². The van der Waals surface area contributed by atoms with Crippen LogP contribution in [0.25, 0.3) is 0 Å². The molecule has 0 aliphatic carbocycles. The minimum atomic E-state index is -1.32. The Morgan fingerprint density at radius 3 is 2.21 bits per heavy atom. The SMILES string of the molecule is C#Cc1ccc(C(C(=O)Nc2ccc(OC)cc2)N(CCCC)C(=O)C(CO)NC(=O)OC(C)(C)C)cc1. The van der Waals surface area contributed by atoms with Gasteiger partial charge in [-0.25, -0.2) is 4.79 Å². The van der Waals surface area contributed by atoms with Crippen LogP contribution in [-0.4, -0.2) is 59.8 Å². The first-order valence-electron chi connectivity index (χ1n) is 12.4. The van der Waals surface area contributed by atoms with Crippen molar-refractivity contribution in [2.75, 3.05) is 25.6 Å². The summed E-state index contributed by atoms with van der Waals surface area (Å²) in [7, 11) is 1.55. The molecule has 38 heavy (non-hydrogen) atoms. The Hall–Kier alpha value is -4.03. The number of rotatable bonds is 11. The lowest BCUT2D eigenvalue weighted by Gasteiger charge is -2.34. The largest absolute Gasteiger partial charge is 0.497 e. The van der Waals surface area contributed by atoms with E-state index in [9.17, 15) is 19.5 Å². The lowest BCUT2D eigenvalue weighted by molar-refractivity contribution is -0.141. The van der Waals surface area contributed by atoms with E-state index in [0.717, 1.165) is 6.42 Å². The molecule has 2 aromatic carbocycles. The van der Waals surface area contributed by atoms with E-state index in [1.165, 1.54) is 4.90 Å². The number of aliphatic hydroxyl groups excluding tert-OH is 1. The molecule has 0 heterocycles. The number of nitrogens with one attached hydrogen (secondary N) is 2. The molecular weight excluding hydrogens is 486 g/mol. The molecule has 0 spiro atoms. The van der Waals surface area contributed by atoms with Crippen LogP contribution in [0.5, 0.6) is 5.75 Å². The van der Waals surface area contributed by atoms with Crippen molar-refractivity contribution in [2.45, 2.75) is 58.2 Å². The summed E-state index contributed by atoms with van der Waals surface area (Å²) >= 11 is 0. The van der Waals surface area contributed by atoms with E-state index in [0.29, 0.717) is 29.0 Å². The first kappa shape index (κ1) is 30.2. The van der Waals surface area contributed by atoms with Gasteiger partial charge in [0.1, 0.15) is 23.4 Å². The predicted molar refractivity (Wildman–Crippen MR) is 146 cm³/mol. The molecule has 0 aromatic heterocycles. The molecule has 204 valence electrons. The van der Waals surface area contributed by atoms with Crippen LogP contribution in [0, 0.1) is 12.3 Å². The van der Waals surface area contributed by atoms with Crippen molar-refractivity contribution in [2.24, 2.45) is 0 Å². The van der Waals surface area contributed by atoms with Crippen LogP contribution < -0.4 is 15.4 Å². The number of aliphatic hydroxyl groups is 1. The minimum absolute atomic E-state index is 0.208. The fraction of sp³-hybridized carbons (Fsp3) is 0.414. The van der Waals surface area contributed by atoms with Crippen molar-refractivity contribution < 1.29 is 29.0 Å². The van der Waals surface area contributed by atoms with Crippen LogP contribution >= 0.6 is 0 Å². The summed E-state index contributed by atoms with van der Waals surface area (Å²) < 4.78 is 10.4. The number of carbonyl (C=O) groups is 3. The average molecular weight is 524 g/mol. The molecule has 0 saturated heterocycles. The smallest absolute Gasteiger partial charge is 0.408 e. The predicted octanol–water partition coefficient (Wildman–Crippen LogP) is 3.87. The summed E-state index contributed by atoms with van der Waals surface area (Å²) in [5.41, 5.74) is 0.853. The number of methoxy groups -OCH3 is 1. The molecule has 0 saturated carbocycles. The second-order valence-electron chi connectivity index (χ2n) is 9.65. The fourth-order valence-electron chi connectivity index (χ4n) is 3.65. The van der Waals surface area contributed by atoms with Gasteiger partial charge < -0.3 is 30.1 Å². The van der Waals surface area contributed by atoms with Crippen LogP contribution in [0.2, 0.25) is 0 Å². The average Bonchev–Trinajstić information content (AvgIpc) is 2.88. The lowest BCUT2D eigenvalue weighted by atomic mass is 10.0. The summed E-state index contributed by atoms with van der Waals surface area (Å²) in [5.74, 6) is 2.07. The number of ether oxygens (including phenoxy) is 2. The van der Waals surface area contributed by atoms with Crippen LogP contribution in [0.1, 0.15) is 57.7 Å². The molecule has 0 fully saturated rings. The maximum Gasteiger partial charge on any atom is 0.408 e. The Bertz CT molecular complexity index is 1120. The molecule has 2 aromatic rings. The molecule has 9 heteroatoms. The van der Waals surface area contributed by atoms with Gasteiger partial charge in [0.25, 0.3) is 5.91 Å². The third-order valence-corrected chi connectivity index (χ3v) is 5.52. The number of terminal acetylenes is 1. The number of nitrogens with zero attached hydrogens (tertiary/aromatic N) is 1. The van der Waals surface area contributed by atoms with Gasteiger partial charge in [-0.2, -0.15) is 0 Å². The molecule has 0 aliphatic heterocycles. The molecule has 0 aliphatic rings. The van der Waals surface area contributed by atoms with Crippen molar-refractivity contribution in [3.8, 4) is 18.1 Å². The molecule has 0 radical (unpaired) electrons. The Morgan fingerprint density at radius 2 is 1.71 bits per heavy atom. The number of amides is 3. The summed E-state index contributed by atoms with van der Waals surface area (Å²) in [5, 5.41) is 15.3. The van der Waals surface area contributed by atoms with E-state index < -0.39 is 42.2 Å². The van der Waals surface area contributed by atoms with Crippen molar-refractivity contribution in [3.05, 3.63) is 59.7 Å². The second kappa shape index (κ2) is 14.1. The third kappa shape index (κ3) is 8.82. The van der Waals surface area contributed by atoms with Gasteiger partial charge in [-0.1, -0.05) is 31.4 Å². The molecule has 9 nitrogen and oxygen atoms in total. The number of carbonyl (C=O) groups excluding carboxylic acids is 3. The normalized spacial score (nSPS) is 12.4. The summed E-state index contributed by atoms with van der Waals surface area (Å²) in [6.45, 7) is 6.56. The van der Waals surface area contributed by atoms with Gasteiger partial charge in [0, 0.05) is 17.8 Å². The number of anilines is 1. The highest BCUT2D eigenvalue weighted by Gasteiger charge is 2.36. The van der Waals surface area contributed by atoms with E-state index in [1.807, 2.05) is 6.92 Å². The van der Waals surface area contributed by atoms with Gasteiger partial charge in [-0.05, 0) is 69.2 Å². The highest BCUT2D eigenvalue weighted by atomic mass is 16.6. The molecule has 2 atom stereocenters. The molecule has 3 N–H and O–H groups in total. The Kier molecular flexibility index (Phi) is 11.2. The van der Waals surface area contributed by atoms with Gasteiger partial charge in [0.2, 0.25) is 5.91 Å². The van der Waals surface area contributed by atoms with Crippen molar-refractivity contribution in [1.82, 2.24) is 10.2 Å². The highest BCUT2D eigenvalue weighted by Crippen LogP contribution is 2.26. The second-order valence-corrected chi connectivity index (χ2v) is 9.65. The first-order chi connectivity index (χ1) is 18.0. The number of benzene rings is 2. The van der Waals surface area contributed by atoms with Gasteiger partial charge in [0.05, 0.1) is 13.7 Å². The van der Waals surface area contributed by atoms with E-state index in [2.05, 4.69) is 16.6 Å². The Labute approximate surface area is 224 Å². The molecule has 2 unspecified atom stereocenters. The maximum absolute atomic E-state index is 13.7. The van der Waals surface area contributed by atoms with E-state index in [4.69, 9.17) is 15.9 Å². The molecular formula is C29H37N3O6. The summed E-state index contributed by atoms with van der Waals surface area (Å²) in [6.07, 6.45) is 5.98. The highest BCUT2D eigenvalue weighted by molar-refractivity contribution is 5.99. The Balaban J connectivity index is 2.46. The van der Waals surface area contributed by atoms with Crippen LogP contribution in [-0.2, 0) is 14.3 Å². The zero-order valence-corrected chi connectivity index (χ0v) is 22.6. The van der Waals surface area contributed by atoms with Gasteiger partial charge in [-0.3, -0.25) is 9.59 Å². The van der Waals surface area contributed by atoms with Crippen molar-refractivity contribution in [1.29, 1.82) is 0 Å². The van der Waals surface area contributed by atoms with Crippen molar-refractivity contribution >= 4 is 23.6 Å². The van der Waals surface area contributed by atoms with Crippen molar-refractivity contribution in [3.63, 3.8) is 0 Å². The number of unbranched alkanes of at least 4 members (excludes halogenated alkanes) is 1. The van der Waals surface area contributed by atoms with Gasteiger partial charge >= 0.3 is 6.09 Å².